The van der Waals surface area contributed by atoms with Crippen LogP contribution in [0.15, 0.2) is 36.5 Å². The Morgan fingerprint density at radius 2 is 2.06 bits per heavy atom. The monoisotopic (exact) mass is 247 g/mol. The number of hydrogen-bond donors (Lipinski definition) is 1. The zero-order chi connectivity index (χ0) is 13.3. The molecule has 2 aromatic rings. The zero-order valence-electron chi connectivity index (χ0n) is 10.2. The highest BCUT2D eigenvalue weighted by Crippen LogP contribution is 2.27. The highest BCUT2D eigenvalue weighted by molar-refractivity contribution is 5.94. The van der Waals surface area contributed by atoms with Crippen LogP contribution in [0.25, 0.3) is 11.1 Å². The third kappa shape index (κ3) is 2.14. The van der Waals surface area contributed by atoms with Crippen LogP contribution in [0.1, 0.15) is 30.4 Å². The lowest BCUT2D eigenvalue weighted by Gasteiger charge is -2.11. The molecule has 0 aliphatic rings. The highest BCUT2D eigenvalue weighted by atomic mass is 19.1. The summed E-state index contributed by atoms with van der Waals surface area (Å²) in [5.74, 6) is -1.38. The SMILES string of the molecule is CC(C)n1ccc(-c2cccc(F)c2)c1C(=O)O. The lowest BCUT2D eigenvalue weighted by atomic mass is 10.1. The van der Waals surface area contributed by atoms with Gasteiger partial charge in [0.05, 0.1) is 0 Å². The van der Waals surface area contributed by atoms with Gasteiger partial charge in [0.15, 0.2) is 0 Å². The second-order valence-corrected chi connectivity index (χ2v) is 4.39. The molecule has 1 aromatic heterocycles. The molecule has 0 saturated heterocycles. The first-order valence-corrected chi connectivity index (χ1v) is 5.70. The predicted octanol–water partition coefficient (Wildman–Crippen LogP) is 3.57. The second kappa shape index (κ2) is 4.64. The molecule has 0 bridgehead atoms. The van der Waals surface area contributed by atoms with Gasteiger partial charge in [-0.1, -0.05) is 12.1 Å². The summed E-state index contributed by atoms with van der Waals surface area (Å²) in [5.41, 5.74) is 1.30. The summed E-state index contributed by atoms with van der Waals surface area (Å²) >= 11 is 0. The number of benzene rings is 1. The predicted molar refractivity (Wildman–Crippen MR) is 67.2 cm³/mol. The fraction of sp³-hybridized carbons (Fsp3) is 0.214. The van der Waals surface area contributed by atoms with Gasteiger partial charge in [0, 0.05) is 17.8 Å². The Bertz CT molecular complexity index is 587. The molecule has 0 saturated carbocycles. The van der Waals surface area contributed by atoms with Crippen LogP contribution in [0.4, 0.5) is 4.39 Å². The molecule has 0 spiro atoms. The lowest BCUT2D eigenvalue weighted by molar-refractivity contribution is 0.0684. The molecular weight excluding hydrogens is 233 g/mol. The van der Waals surface area contributed by atoms with Crippen LogP contribution in [-0.4, -0.2) is 15.6 Å². The van der Waals surface area contributed by atoms with Crippen LogP contribution in [0.5, 0.6) is 0 Å². The van der Waals surface area contributed by atoms with E-state index in [0.29, 0.717) is 11.1 Å². The first kappa shape index (κ1) is 12.4. The van der Waals surface area contributed by atoms with Crippen molar-refractivity contribution in [2.75, 3.05) is 0 Å². The molecule has 3 nitrogen and oxygen atoms in total. The first-order chi connectivity index (χ1) is 8.50. The van der Waals surface area contributed by atoms with Crippen molar-refractivity contribution in [3.63, 3.8) is 0 Å². The van der Waals surface area contributed by atoms with Gasteiger partial charge in [-0.15, -0.1) is 0 Å². The van der Waals surface area contributed by atoms with E-state index in [0.717, 1.165) is 0 Å². The Hall–Kier alpha value is -2.10. The van der Waals surface area contributed by atoms with E-state index in [1.807, 2.05) is 13.8 Å². The fourth-order valence-electron chi connectivity index (χ4n) is 1.99. The molecule has 0 radical (unpaired) electrons. The summed E-state index contributed by atoms with van der Waals surface area (Å²) in [6, 6.07) is 7.70. The topological polar surface area (TPSA) is 42.2 Å². The van der Waals surface area contributed by atoms with Gasteiger partial charge in [-0.25, -0.2) is 9.18 Å². The summed E-state index contributed by atoms with van der Waals surface area (Å²) in [6.07, 6.45) is 1.72. The third-order valence-electron chi connectivity index (χ3n) is 2.81. The molecule has 2 rings (SSSR count). The summed E-state index contributed by atoms with van der Waals surface area (Å²) in [5, 5.41) is 9.30. The van der Waals surface area contributed by atoms with Crippen LogP contribution >= 0.6 is 0 Å². The van der Waals surface area contributed by atoms with Crippen molar-refractivity contribution in [1.82, 2.24) is 4.57 Å². The largest absolute Gasteiger partial charge is 0.477 e. The standard InChI is InChI=1S/C14H14FNO2/c1-9(2)16-7-6-12(13(16)14(17)18)10-4-3-5-11(15)8-10/h3-9H,1-2H3,(H,17,18). The molecule has 18 heavy (non-hydrogen) atoms. The maximum Gasteiger partial charge on any atom is 0.353 e. The molecule has 1 N–H and O–H groups in total. The fourth-order valence-corrected chi connectivity index (χ4v) is 1.99. The quantitative estimate of drug-likeness (QED) is 0.900. The molecule has 0 fully saturated rings. The van der Waals surface area contributed by atoms with E-state index < -0.39 is 5.97 Å². The normalized spacial score (nSPS) is 10.9. The van der Waals surface area contributed by atoms with Crippen molar-refractivity contribution in [2.24, 2.45) is 0 Å². The van der Waals surface area contributed by atoms with E-state index in [9.17, 15) is 14.3 Å². The van der Waals surface area contributed by atoms with E-state index in [-0.39, 0.29) is 17.6 Å². The third-order valence-corrected chi connectivity index (χ3v) is 2.81. The number of carboxylic acids is 1. The number of aromatic nitrogens is 1. The van der Waals surface area contributed by atoms with Crippen molar-refractivity contribution in [1.29, 1.82) is 0 Å². The van der Waals surface area contributed by atoms with E-state index >= 15 is 0 Å². The van der Waals surface area contributed by atoms with Crippen LogP contribution in [0, 0.1) is 5.82 Å². The summed E-state index contributed by atoms with van der Waals surface area (Å²) < 4.78 is 14.9. The minimum atomic E-state index is -1.01. The first-order valence-electron chi connectivity index (χ1n) is 5.70. The van der Waals surface area contributed by atoms with E-state index in [2.05, 4.69) is 0 Å². The average molecular weight is 247 g/mol. The Kier molecular flexibility index (Phi) is 3.19. The Morgan fingerprint density at radius 1 is 1.33 bits per heavy atom. The van der Waals surface area contributed by atoms with Crippen LogP contribution < -0.4 is 0 Å². The van der Waals surface area contributed by atoms with Crippen LogP contribution in [0.2, 0.25) is 0 Å². The molecule has 0 aliphatic heterocycles. The van der Waals surface area contributed by atoms with Gasteiger partial charge in [0.1, 0.15) is 11.5 Å². The van der Waals surface area contributed by atoms with Crippen molar-refractivity contribution in [3.05, 3.63) is 48.0 Å². The molecule has 0 unspecified atom stereocenters. The number of hydrogen-bond acceptors (Lipinski definition) is 1. The molecule has 4 heteroatoms. The Labute approximate surface area is 104 Å². The summed E-state index contributed by atoms with van der Waals surface area (Å²) in [7, 11) is 0. The summed E-state index contributed by atoms with van der Waals surface area (Å²) in [6.45, 7) is 3.81. The van der Waals surface area contributed by atoms with Crippen molar-refractivity contribution in [2.45, 2.75) is 19.9 Å². The van der Waals surface area contributed by atoms with Crippen molar-refractivity contribution in [3.8, 4) is 11.1 Å². The number of aromatic carboxylic acids is 1. The van der Waals surface area contributed by atoms with Gasteiger partial charge in [-0.3, -0.25) is 0 Å². The van der Waals surface area contributed by atoms with Gasteiger partial charge < -0.3 is 9.67 Å². The van der Waals surface area contributed by atoms with Gasteiger partial charge in [-0.05, 0) is 37.6 Å². The molecule has 1 aromatic carbocycles. The van der Waals surface area contributed by atoms with Crippen molar-refractivity contribution < 1.29 is 14.3 Å². The van der Waals surface area contributed by atoms with Gasteiger partial charge >= 0.3 is 5.97 Å². The Morgan fingerprint density at radius 3 is 2.61 bits per heavy atom. The number of halogens is 1. The van der Waals surface area contributed by atoms with Crippen molar-refractivity contribution >= 4 is 5.97 Å². The van der Waals surface area contributed by atoms with Crippen LogP contribution in [-0.2, 0) is 0 Å². The molecular formula is C14H14FNO2. The molecule has 0 amide bonds. The van der Waals surface area contributed by atoms with Gasteiger partial charge in [0.25, 0.3) is 0 Å². The van der Waals surface area contributed by atoms with Gasteiger partial charge in [-0.2, -0.15) is 0 Å². The molecule has 1 heterocycles. The zero-order valence-corrected chi connectivity index (χ0v) is 10.2. The molecule has 0 aliphatic carbocycles. The highest BCUT2D eigenvalue weighted by Gasteiger charge is 2.19. The maximum atomic E-state index is 13.2. The number of rotatable bonds is 3. The number of nitrogens with zero attached hydrogens (tertiary/aromatic N) is 1. The Balaban J connectivity index is 2.62. The molecule has 0 atom stereocenters. The van der Waals surface area contributed by atoms with E-state index in [4.69, 9.17) is 0 Å². The number of carbonyl (C=O) groups is 1. The average Bonchev–Trinajstić information content (AvgIpc) is 2.73. The smallest absolute Gasteiger partial charge is 0.353 e. The minimum absolute atomic E-state index is 0.0402. The lowest BCUT2D eigenvalue weighted by Crippen LogP contribution is -2.10. The summed E-state index contributed by atoms with van der Waals surface area (Å²) in [4.78, 5) is 11.4. The van der Waals surface area contributed by atoms with Gasteiger partial charge in [0.2, 0.25) is 0 Å². The number of carboxylic acid groups (broad SMARTS) is 1. The van der Waals surface area contributed by atoms with E-state index in [1.54, 1.807) is 29.0 Å². The van der Waals surface area contributed by atoms with E-state index in [1.165, 1.54) is 12.1 Å². The molecule has 94 valence electrons. The minimum Gasteiger partial charge on any atom is -0.477 e. The second-order valence-electron chi connectivity index (χ2n) is 4.39. The maximum absolute atomic E-state index is 13.2. The van der Waals surface area contributed by atoms with Crippen LogP contribution in [0.3, 0.4) is 0 Å².